The zero-order chi connectivity index (χ0) is 12.3. The minimum absolute atomic E-state index is 0.227. The molecule has 0 spiro atoms. The number of amides is 1. The van der Waals surface area contributed by atoms with Gasteiger partial charge in [0.15, 0.2) is 5.78 Å². The molecule has 0 aromatic carbocycles. The molecular weight excluding hydrogens is 206 g/mol. The van der Waals surface area contributed by atoms with Crippen LogP contribution in [0.5, 0.6) is 0 Å². The van der Waals surface area contributed by atoms with Crippen molar-refractivity contribution in [3.63, 3.8) is 0 Å². The van der Waals surface area contributed by atoms with E-state index in [4.69, 9.17) is 5.11 Å². The summed E-state index contributed by atoms with van der Waals surface area (Å²) >= 11 is 0. The van der Waals surface area contributed by atoms with Crippen molar-refractivity contribution in [1.29, 1.82) is 0 Å². The van der Waals surface area contributed by atoms with E-state index in [2.05, 4.69) is 5.32 Å². The van der Waals surface area contributed by atoms with E-state index in [-0.39, 0.29) is 24.2 Å². The van der Waals surface area contributed by atoms with Gasteiger partial charge in [0.05, 0.1) is 6.61 Å². The first-order valence-electron chi connectivity index (χ1n) is 5.63. The summed E-state index contributed by atoms with van der Waals surface area (Å²) in [4.78, 5) is 24.1. The molecule has 1 unspecified atom stereocenters. The summed E-state index contributed by atoms with van der Waals surface area (Å²) < 4.78 is 0. The maximum Gasteiger partial charge on any atom is 0.237 e. The molecule has 0 fully saturated rings. The summed E-state index contributed by atoms with van der Waals surface area (Å²) in [5.74, 6) is -0.214. The first-order valence-corrected chi connectivity index (χ1v) is 5.63. The van der Waals surface area contributed by atoms with Crippen molar-refractivity contribution in [2.75, 3.05) is 6.61 Å². The van der Waals surface area contributed by atoms with Gasteiger partial charge in [-0.1, -0.05) is 20.8 Å². The van der Waals surface area contributed by atoms with E-state index >= 15 is 0 Å². The Hall–Kier alpha value is -1.16. The highest BCUT2D eigenvalue weighted by molar-refractivity contribution is 6.16. The van der Waals surface area contributed by atoms with E-state index in [0.717, 1.165) is 0 Å². The molecule has 90 valence electrons. The van der Waals surface area contributed by atoms with Crippen molar-refractivity contribution >= 4 is 11.7 Å². The molecule has 1 aliphatic rings. The van der Waals surface area contributed by atoms with Gasteiger partial charge in [-0.05, 0) is 18.8 Å². The third kappa shape index (κ3) is 2.02. The molecular formula is C12H19NO3. The maximum atomic E-state index is 12.2. The van der Waals surface area contributed by atoms with Crippen LogP contribution in [0.1, 0.15) is 33.6 Å². The van der Waals surface area contributed by atoms with E-state index in [0.29, 0.717) is 18.4 Å². The Morgan fingerprint density at radius 2 is 2.06 bits per heavy atom. The molecule has 0 aromatic heterocycles. The maximum absolute atomic E-state index is 12.2. The molecule has 0 saturated heterocycles. The molecule has 0 aromatic rings. The fourth-order valence-electron chi connectivity index (χ4n) is 2.23. The molecule has 0 saturated carbocycles. The van der Waals surface area contributed by atoms with Gasteiger partial charge >= 0.3 is 0 Å². The number of Topliss-reactive ketones (excluding diaryl/α,β-unsaturated/α-hetero) is 1. The average Bonchev–Trinajstić information content (AvgIpc) is 2.24. The minimum Gasteiger partial charge on any atom is -0.391 e. The zero-order valence-electron chi connectivity index (χ0n) is 10.0. The predicted molar refractivity (Wildman–Crippen MR) is 60.5 cm³/mol. The smallest absolute Gasteiger partial charge is 0.237 e. The number of aliphatic hydroxyl groups is 1. The fraction of sp³-hybridized carbons (Fsp3) is 0.667. The Morgan fingerprint density at radius 1 is 1.44 bits per heavy atom. The molecule has 1 amide bonds. The highest BCUT2D eigenvalue weighted by Crippen LogP contribution is 2.36. The Bertz CT molecular complexity index is 333. The van der Waals surface area contributed by atoms with Crippen LogP contribution in [0.3, 0.4) is 0 Å². The highest BCUT2D eigenvalue weighted by Gasteiger charge is 2.47. The summed E-state index contributed by atoms with van der Waals surface area (Å²) in [5.41, 5.74) is -0.692. The molecule has 0 aliphatic carbocycles. The number of ketones is 1. The van der Waals surface area contributed by atoms with Crippen molar-refractivity contribution in [1.82, 2.24) is 5.32 Å². The lowest BCUT2D eigenvalue weighted by Gasteiger charge is -2.34. The van der Waals surface area contributed by atoms with Crippen LogP contribution in [-0.4, -0.2) is 23.4 Å². The van der Waals surface area contributed by atoms with Crippen molar-refractivity contribution in [2.45, 2.75) is 33.6 Å². The molecule has 1 atom stereocenters. The first-order chi connectivity index (χ1) is 7.47. The molecule has 1 rings (SSSR count). The van der Waals surface area contributed by atoms with Crippen molar-refractivity contribution in [3.05, 3.63) is 11.8 Å². The molecule has 0 bridgehead atoms. The van der Waals surface area contributed by atoms with Crippen LogP contribution < -0.4 is 5.32 Å². The lowest BCUT2D eigenvalue weighted by atomic mass is 9.70. The molecule has 2 N–H and O–H groups in total. The Kier molecular flexibility index (Phi) is 3.86. The summed E-state index contributed by atoms with van der Waals surface area (Å²) in [5, 5.41) is 11.6. The standard InChI is InChI=1S/C12H19NO3/c1-4-12(5-8(2)3)10(15)9(7-14)6-13-11(12)16/h6,8,14H,4-5,7H2,1-3H3,(H,13,16). The van der Waals surface area contributed by atoms with Crippen LogP contribution in [0.15, 0.2) is 11.8 Å². The summed E-state index contributed by atoms with van der Waals surface area (Å²) in [6.45, 7) is 5.48. The van der Waals surface area contributed by atoms with Gasteiger partial charge < -0.3 is 10.4 Å². The zero-order valence-corrected chi connectivity index (χ0v) is 10.0. The molecule has 4 heteroatoms. The largest absolute Gasteiger partial charge is 0.391 e. The van der Waals surface area contributed by atoms with Gasteiger partial charge in [-0.25, -0.2) is 0 Å². The van der Waals surface area contributed by atoms with Crippen LogP contribution in [0, 0.1) is 11.3 Å². The molecule has 1 heterocycles. The third-order valence-corrected chi connectivity index (χ3v) is 3.07. The Balaban J connectivity index is 3.11. The van der Waals surface area contributed by atoms with Crippen molar-refractivity contribution in [3.8, 4) is 0 Å². The number of carbonyl (C=O) groups excluding carboxylic acids is 2. The van der Waals surface area contributed by atoms with E-state index in [1.807, 2.05) is 20.8 Å². The first kappa shape index (κ1) is 12.9. The lowest BCUT2D eigenvalue weighted by molar-refractivity contribution is -0.142. The topological polar surface area (TPSA) is 66.4 Å². The minimum atomic E-state index is -0.985. The van der Waals surface area contributed by atoms with Gasteiger partial charge in [0.2, 0.25) is 5.91 Å². The van der Waals surface area contributed by atoms with Gasteiger partial charge in [0.1, 0.15) is 5.41 Å². The van der Waals surface area contributed by atoms with E-state index in [1.165, 1.54) is 6.20 Å². The van der Waals surface area contributed by atoms with Crippen LogP contribution >= 0.6 is 0 Å². The van der Waals surface area contributed by atoms with Gasteiger partial charge in [-0.2, -0.15) is 0 Å². The monoisotopic (exact) mass is 225 g/mol. The van der Waals surface area contributed by atoms with E-state index < -0.39 is 5.41 Å². The number of carbonyl (C=O) groups is 2. The fourth-order valence-corrected chi connectivity index (χ4v) is 2.23. The van der Waals surface area contributed by atoms with E-state index in [9.17, 15) is 9.59 Å². The third-order valence-electron chi connectivity index (χ3n) is 3.07. The summed E-state index contributed by atoms with van der Waals surface area (Å²) in [7, 11) is 0. The average molecular weight is 225 g/mol. The SMILES string of the molecule is CCC1(CC(C)C)C(=O)NC=C(CO)C1=O. The van der Waals surface area contributed by atoms with Crippen LogP contribution in [0.4, 0.5) is 0 Å². The molecule has 1 aliphatic heterocycles. The predicted octanol–water partition coefficient (Wildman–Crippen LogP) is 1.00. The number of nitrogens with one attached hydrogen (secondary N) is 1. The van der Waals surface area contributed by atoms with Crippen molar-refractivity contribution in [2.24, 2.45) is 11.3 Å². The van der Waals surface area contributed by atoms with Crippen molar-refractivity contribution < 1.29 is 14.7 Å². The second-order valence-corrected chi connectivity index (χ2v) is 4.66. The van der Waals surface area contributed by atoms with Crippen LogP contribution in [0.25, 0.3) is 0 Å². The van der Waals surface area contributed by atoms with Crippen LogP contribution in [0.2, 0.25) is 0 Å². The second-order valence-electron chi connectivity index (χ2n) is 4.66. The second kappa shape index (κ2) is 4.78. The Labute approximate surface area is 95.7 Å². The highest BCUT2D eigenvalue weighted by atomic mass is 16.3. The van der Waals surface area contributed by atoms with Gasteiger partial charge in [-0.15, -0.1) is 0 Å². The van der Waals surface area contributed by atoms with E-state index in [1.54, 1.807) is 0 Å². The summed E-state index contributed by atoms with van der Waals surface area (Å²) in [6, 6.07) is 0. The number of aliphatic hydroxyl groups excluding tert-OH is 1. The van der Waals surface area contributed by atoms with Crippen LogP contribution in [-0.2, 0) is 9.59 Å². The number of hydrogen-bond acceptors (Lipinski definition) is 3. The quantitative estimate of drug-likeness (QED) is 0.701. The summed E-state index contributed by atoms with van der Waals surface area (Å²) in [6.07, 6.45) is 2.30. The Morgan fingerprint density at radius 3 is 2.50 bits per heavy atom. The number of rotatable bonds is 4. The van der Waals surface area contributed by atoms with Gasteiger partial charge in [0.25, 0.3) is 0 Å². The van der Waals surface area contributed by atoms with Gasteiger partial charge in [0, 0.05) is 11.8 Å². The molecule has 0 radical (unpaired) electrons. The van der Waals surface area contributed by atoms with Gasteiger partial charge in [-0.3, -0.25) is 9.59 Å². The normalized spacial score (nSPS) is 25.7. The molecule has 4 nitrogen and oxygen atoms in total. The number of hydrogen-bond donors (Lipinski definition) is 2. The molecule has 16 heavy (non-hydrogen) atoms. The lowest BCUT2D eigenvalue weighted by Crippen LogP contribution is -2.50.